The van der Waals surface area contributed by atoms with Gasteiger partial charge in [0.15, 0.2) is 5.82 Å². The highest BCUT2D eigenvalue weighted by atomic mass is 32.2. The van der Waals surface area contributed by atoms with Gasteiger partial charge < -0.3 is 9.88 Å². The predicted molar refractivity (Wildman–Crippen MR) is 109 cm³/mol. The molecule has 8 nitrogen and oxygen atoms in total. The number of hydrogen-bond donors (Lipinski definition) is 1. The van der Waals surface area contributed by atoms with E-state index in [4.69, 9.17) is 0 Å². The van der Waals surface area contributed by atoms with E-state index < -0.39 is 10.0 Å². The molecule has 0 bridgehead atoms. The van der Waals surface area contributed by atoms with E-state index in [9.17, 15) is 13.2 Å². The average Bonchev–Trinajstić information content (AvgIpc) is 3.13. The summed E-state index contributed by atoms with van der Waals surface area (Å²) in [7, 11) is -3.75. The van der Waals surface area contributed by atoms with Gasteiger partial charge in [0.2, 0.25) is 15.9 Å². The second kappa shape index (κ2) is 7.41. The van der Waals surface area contributed by atoms with Crippen molar-refractivity contribution in [3.8, 4) is 11.4 Å². The van der Waals surface area contributed by atoms with Gasteiger partial charge in [-0.15, -0.1) is 10.2 Å². The Bertz CT molecular complexity index is 1160. The summed E-state index contributed by atoms with van der Waals surface area (Å²) in [5, 5.41) is 11.2. The molecule has 0 spiro atoms. The lowest BCUT2D eigenvalue weighted by molar-refractivity contribution is -0.114. The summed E-state index contributed by atoms with van der Waals surface area (Å²) >= 11 is 0. The molecule has 0 aliphatic carbocycles. The zero-order valence-electron chi connectivity index (χ0n) is 16.1. The minimum Gasteiger partial charge on any atom is -0.326 e. The fraction of sp³-hybridized carbons (Fsp3) is 0.250. The van der Waals surface area contributed by atoms with E-state index in [0.29, 0.717) is 18.1 Å². The molecule has 1 atom stereocenters. The Morgan fingerprint density at radius 3 is 2.59 bits per heavy atom. The van der Waals surface area contributed by atoms with Gasteiger partial charge in [0.25, 0.3) is 0 Å². The van der Waals surface area contributed by atoms with E-state index in [1.165, 1.54) is 23.4 Å². The Kier molecular flexibility index (Phi) is 4.93. The maximum atomic E-state index is 13.2. The van der Waals surface area contributed by atoms with Crippen molar-refractivity contribution in [1.82, 2.24) is 19.1 Å². The number of rotatable bonds is 4. The fourth-order valence-electron chi connectivity index (χ4n) is 3.55. The van der Waals surface area contributed by atoms with Crippen molar-refractivity contribution < 1.29 is 13.2 Å². The lowest BCUT2D eigenvalue weighted by Crippen LogP contribution is -2.40. The molecule has 2 aromatic carbocycles. The molecule has 0 unspecified atom stereocenters. The van der Waals surface area contributed by atoms with Gasteiger partial charge in [-0.05, 0) is 25.1 Å². The molecular formula is C20H21N5O3S. The highest BCUT2D eigenvalue weighted by molar-refractivity contribution is 7.89. The summed E-state index contributed by atoms with van der Waals surface area (Å²) in [5.74, 6) is 1.08. The highest BCUT2D eigenvalue weighted by Crippen LogP contribution is 2.30. The minimum atomic E-state index is -3.75. The number of nitrogens with zero attached hydrogens (tertiary/aromatic N) is 4. The van der Waals surface area contributed by atoms with Crippen LogP contribution in [0.1, 0.15) is 25.7 Å². The van der Waals surface area contributed by atoms with Gasteiger partial charge in [0.05, 0.1) is 11.4 Å². The van der Waals surface area contributed by atoms with Gasteiger partial charge in [0.1, 0.15) is 5.82 Å². The van der Waals surface area contributed by atoms with Crippen molar-refractivity contribution in [3.63, 3.8) is 0 Å². The molecule has 9 heteroatoms. The van der Waals surface area contributed by atoms with E-state index in [-0.39, 0.29) is 23.4 Å². The number of hydrogen-bond acceptors (Lipinski definition) is 5. The standard InChI is InChI=1S/C20H21N5O3S/c1-14-12-24(29(27,28)18-10-6-9-17(11-18)21-15(2)26)13-19-22-23-20(25(14)19)16-7-4-3-5-8-16/h3-11,14H,12-13H2,1-2H3,(H,21,26)/t14-/m0/s1. The third-order valence-corrected chi connectivity index (χ3v) is 6.62. The van der Waals surface area contributed by atoms with Crippen LogP contribution in [0.2, 0.25) is 0 Å². The van der Waals surface area contributed by atoms with Crippen molar-refractivity contribution in [2.45, 2.75) is 31.3 Å². The van der Waals surface area contributed by atoms with Gasteiger partial charge in [-0.25, -0.2) is 8.42 Å². The Morgan fingerprint density at radius 2 is 1.86 bits per heavy atom. The Morgan fingerprint density at radius 1 is 1.10 bits per heavy atom. The number of amides is 1. The molecule has 2 heterocycles. The smallest absolute Gasteiger partial charge is 0.243 e. The van der Waals surface area contributed by atoms with Crippen molar-refractivity contribution >= 4 is 21.6 Å². The number of carbonyl (C=O) groups is 1. The van der Waals surface area contributed by atoms with Gasteiger partial charge in [-0.1, -0.05) is 36.4 Å². The summed E-state index contributed by atoms with van der Waals surface area (Å²) < 4.78 is 29.8. The molecule has 1 amide bonds. The highest BCUT2D eigenvalue weighted by Gasteiger charge is 2.34. The van der Waals surface area contributed by atoms with Crippen LogP contribution in [0, 0.1) is 0 Å². The molecule has 0 fully saturated rings. The summed E-state index contributed by atoms with van der Waals surface area (Å²) in [6, 6.07) is 15.9. The molecule has 1 aliphatic rings. The molecule has 150 valence electrons. The van der Waals surface area contributed by atoms with Crippen LogP contribution in [0.5, 0.6) is 0 Å². The number of nitrogens with one attached hydrogen (secondary N) is 1. The molecule has 3 aromatic rings. The molecule has 1 N–H and O–H groups in total. The third kappa shape index (κ3) is 3.66. The van der Waals surface area contributed by atoms with Gasteiger partial charge in [-0.3, -0.25) is 4.79 Å². The first-order valence-corrected chi connectivity index (χ1v) is 10.7. The van der Waals surface area contributed by atoms with Crippen LogP contribution < -0.4 is 5.32 Å². The number of anilines is 1. The number of benzene rings is 2. The van der Waals surface area contributed by atoms with Crippen molar-refractivity contribution in [1.29, 1.82) is 0 Å². The van der Waals surface area contributed by atoms with Crippen LogP contribution in [-0.4, -0.2) is 39.9 Å². The first kappa shape index (κ1) is 19.3. The predicted octanol–water partition coefficient (Wildman–Crippen LogP) is 2.67. The Labute approximate surface area is 169 Å². The van der Waals surface area contributed by atoms with Crippen LogP contribution >= 0.6 is 0 Å². The monoisotopic (exact) mass is 411 g/mol. The lowest BCUT2D eigenvalue weighted by atomic mass is 10.2. The zero-order chi connectivity index (χ0) is 20.6. The van der Waals surface area contributed by atoms with Crippen molar-refractivity contribution in [2.75, 3.05) is 11.9 Å². The number of sulfonamides is 1. The van der Waals surface area contributed by atoms with Crippen molar-refractivity contribution in [2.24, 2.45) is 0 Å². The third-order valence-electron chi connectivity index (χ3n) is 4.82. The molecule has 1 aromatic heterocycles. The zero-order valence-corrected chi connectivity index (χ0v) is 16.9. The maximum absolute atomic E-state index is 13.2. The summed E-state index contributed by atoms with van der Waals surface area (Å²) in [6.07, 6.45) is 0. The number of carbonyl (C=O) groups excluding carboxylic acids is 1. The van der Waals surface area contributed by atoms with Crippen molar-refractivity contribution in [3.05, 3.63) is 60.4 Å². The molecule has 0 radical (unpaired) electrons. The molecule has 0 saturated carbocycles. The molecule has 0 saturated heterocycles. The number of aromatic nitrogens is 3. The van der Waals surface area contributed by atoms with Crippen LogP contribution in [-0.2, 0) is 21.4 Å². The molecule has 1 aliphatic heterocycles. The van der Waals surface area contributed by atoms with Crippen LogP contribution in [0.25, 0.3) is 11.4 Å². The van der Waals surface area contributed by atoms with E-state index in [1.54, 1.807) is 12.1 Å². The molecule has 29 heavy (non-hydrogen) atoms. The maximum Gasteiger partial charge on any atom is 0.243 e. The van der Waals surface area contributed by atoms with Gasteiger partial charge in [0, 0.05) is 30.8 Å². The summed E-state index contributed by atoms with van der Waals surface area (Å²) in [6.45, 7) is 3.77. The van der Waals surface area contributed by atoms with E-state index in [1.807, 2.05) is 41.8 Å². The van der Waals surface area contributed by atoms with Gasteiger partial charge >= 0.3 is 0 Å². The second-order valence-electron chi connectivity index (χ2n) is 7.03. The van der Waals surface area contributed by atoms with Gasteiger partial charge in [-0.2, -0.15) is 4.31 Å². The number of fused-ring (bicyclic) bond motifs is 1. The van der Waals surface area contributed by atoms with E-state index in [0.717, 1.165) is 11.4 Å². The SMILES string of the molecule is CC(=O)Nc1cccc(S(=O)(=O)N2Cc3nnc(-c4ccccc4)n3[C@@H](C)C2)c1. The van der Waals surface area contributed by atoms with Crippen LogP contribution in [0.4, 0.5) is 5.69 Å². The van der Waals surface area contributed by atoms with E-state index >= 15 is 0 Å². The normalized spacial score (nSPS) is 17.0. The Hall–Kier alpha value is -3.04. The van der Waals surface area contributed by atoms with Crippen LogP contribution in [0.3, 0.4) is 0 Å². The largest absolute Gasteiger partial charge is 0.326 e. The minimum absolute atomic E-state index is 0.128. The average molecular weight is 411 g/mol. The Balaban J connectivity index is 1.66. The second-order valence-corrected chi connectivity index (χ2v) is 8.97. The quantitative estimate of drug-likeness (QED) is 0.712. The van der Waals surface area contributed by atoms with Crippen LogP contribution in [0.15, 0.2) is 59.5 Å². The topological polar surface area (TPSA) is 97.2 Å². The fourth-order valence-corrected chi connectivity index (χ4v) is 5.07. The lowest BCUT2D eigenvalue weighted by Gasteiger charge is -2.32. The van der Waals surface area contributed by atoms with E-state index in [2.05, 4.69) is 15.5 Å². The molecule has 4 rings (SSSR count). The summed E-state index contributed by atoms with van der Waals surface area (Å²) in [4.78, 5) is 11.4. The first-order valence-electron chi connectivity index (χ1n) is 9.23. The molecular weight excluding hydrogens is 390 g/mol. The summed E-state index contributed by atoms with van der Waals surface area (Å²) in [5.41, 5.74) is 1.38. The first-order chi connectivity index (χ1) is 13.9.